The van der Waals surface area contributed by atoms with E-state index in [0.717, 1.165) is 38.2 Å². The third kappa shape index (κ3) is 2.66. The monoisotopic (exact) mass is 349 g/mol. The minimum Gasteiger partial charge on any atom is -0.304 e. The lowest BCUT2D eigenvalue weighted by Gasteiger charge is -2.31. The van der Waals surface area contributed by atoms with Crippen LogP contribution >= 0.6 is 0 Å². The highest BCUT2D eigenvalue weighted by atomic mass is 19.1. The predicted octanol–water partition coefficient (Wildman–Crippen LogP) is 3.66. The molecular formula is C20H20FN5. The van der Waals surface area contributed by atoms with Crippen molar-refractivity contribution in [3.63, 3.8) is 0 Å². The molecule has 0 amide bonds. The molecule has 1 aliphatic heterocycles. The van der Waals surface area contributed by atoms with Crippen LogP contribution in [0.3, 0.4) is 0 Å². The second kappa shape index (κ2) is 6.21. The second-order valence-corrected chi connectivity index (χ2v) is 6.97. The van der Waals surface area contributed by atoms with Gasteiger partial charge in [-0.15, -0.1) is 0 Å². The van der Waals surface area contributed by atoms with Crippen LogP contribution in [0.2, 0.25) is 0 Å². The summed E-state index contributed by atoms with van der Waals surface area (Å²) in [7, 11) is 0. The van der Waals surface area contributed by atoms with Crippen molar-refractivity contribution in [2.24, 2.45) is 0 Å². The molecule has 0 saturated carbocycles. The molecule has 0 N–H and O–H groups in total. The van der Waals surface area contributed by atoms with Crippen LogP contribution in [0.1, 0.15) is 24.6 Å². The van der Waals surface area contributed by atoms with Gasteiger partial charge in [0.1, 0.15) is 0 Å². The summed E-state index contributed by atoms with van der Waals surface area (Å²) in [6.45, 7) is 2.75. The van der Waals surface area contributed by atoms with Crippen LogP contribution in [-0.4, -0.2) is 37.2 Å². The average molecular weight is 349 g/mol. The van der Waals surface area contributed by atoms with Crippen LogP contribution in [-0.2, 0) is 6.54 Å². The van der Waals surface area contributed by atoms with Gasteiger partial charge in [-0.3, -0.25) is 9.58 Å². The van der Waals surface area contributed by atoms with E-state index >= 15 is 0 Å². The Labute approximate surface area is 150 Å². The van der Waals surface area contributed by atoms with Gasteiger partial charge in [0.2, 0.25) is 0 Å². The molecule has 0 atom stereocenters. The molecule has 4 heterocycles. The number of para-hydroxylation sites is 1. The van der Waals surface area contributed by atoms with Crippen molar-refractivity contribution in [1.82, 2.24) is 24.1 Å². The molecule has 1 fully saturated rings. The number of likely N-dealkylation sites (tertiary alicyclic amines) is 1. The Bertz CT molecular complexity index is 1060. The Morgan fingerprint density at radius 3 is 2.77 bits per heavy atom. The number of piperidine rings is 1. The average Bonchev–Trinajstić information content (AvgIpc) is 3.27. The third-order valence-electron chi connectivity index (χ3n) is 5.28. The number of pyridine rings is 1. The zero-order valence-corrected chi connectivity index (χ0v) is 14.4. The summed E-state index contributed by atoms with van der Waals surface area (Å²) in [4.78, 5) is 6.84. The van der Waals surface area contributed by atoms with Crippen molar-refractivity contribution in [1.29, 1.82) is 0 Å². The number of imidazole rings is 1. The van der Waals surface area contributed by atoms with Crippen LogP contribution in [0.4, 0.5) is 4.39 Å². The van der Waals surface area contributed by atoms with Gasteiger partial charge in [-0.05, 0) is 31.0 Å². The first-order chi connectivity index (χ1) is 12.8. The third-order valence-corrected chi connectivity index (χ3v) is 5.28. The highest BCUT2D eigenvalue weighted by Crippen LogP contribution is 2.26. The maximum atomic E-state index is 13.8. The molecule has 6 heteroatoms. The fourth-order valence-corrected chi connectivity index (χ4v) is 3.94. The molecule has 1 saturated heterocycles. The van der Waals surface area contributed by atoms with Gasteiger partial charge in [-0.2, -0.15) is 5.10 Å². The summed E-state index contributed by atoms with van der Waals surface area (Å²) in [5, 5.41) is 5.80. The minimum atomic E-state index is -0.275. The Hall–Kier alpha value is -2.73. The Morgan fingerprint density at radius 2 is 1.92 bits per heavy atom. The number of aromatic nitrogens is 4. The molecular weight excluding hydrogens is 329 g/mol. The summed E-state index contributed by atoms with van der Waals surface area (Å²) in [6.07, 6.45) is 7.84. The summed E-state index contributed by atoms with van der Waals surface area (Å²) in [5.41, 5.74) is 2.53. The van der Waals surface area contributed by atoms with E-state index in [1.54, 1.807) is 10.5 Å². The summed E-state index contributed by atoms with van der Waals surface area (Å²) >= 11 is 0. The Morgan fingerprint density at radius 1 is 1.08 bits per heavy atom. The number of rotatable bonds is 3. The molecule has 3 aromatic heterocycles. The van der Waals surface area contributed by atoms with Gasteiger partial charge in [-0.25, -0.2) is 9.37 Å². The molecule has 1 aromatic carbocycles. The topological polar surface area (TPSA) is 38.4 Å². The van der Waals surface area contributed by atoms with E-state index < -0.39 is 0 Å². The number of hydrogen-bond acceptors (Lipinski definition) is 3. The van der Waals surface area contributed by atoms with E-state index in [9.17, 15) is 4.39 Å². The highest BCUT2D eigenvalue weighted by Gasteiger charge is 2.23. The first-order valence-electron chi connectivity index (χ1n) is 9.04. The molecule has 4 aromatic rings. The zero-order chi connectivity index (χ0) is 17.5. The lowest BCUT2D eigenvalue weighted by atomic mass is 10.0. The van der Waals surface area contributed by atoms with Crippen LogP contribution < -0.4 is 0 Å². The Kier molecular flexibility index (Phi) is 3.71. The van der Waals surface area contributed by atoms with Crippen molar-refractivity contribution >= 4 is 16.6 Å². The largest absolute Gasteiger partial charge is 0.304 e. The smallest absolute Gasteiger partial charge is 0.173 e. The van der Waals surface area contributed by atoms with Crippen LogP contribution in [0.15, 0.2) is 55.0 Å². The predicted molar refractivity (Wildman–Crippen MR) is 98.4 cm³/mol. The van der Waals surface area contributed by atoms with Gasteiger partial charge in [0.15, 0.2) is 11.5 Å². The van der Waals surface area contributed by atoms with Gasteiger partial charge in [0.25, 0.3) is 0 Å². The molecule has 0 aliphatic carbocycles. The van der Waals surface area contributed by atoms with Crippen molar-refractivity contribution in [3.05, 3.63) is 66.5 Å². The van der Waals surface area contributed by atoms with Gasteiger partial charge in [0, 0.05) is 37.4 Å². The summed E-state index contributed by atoms with van der Waals surface area (Å²) < 4.78 is 17.7. The molecule has 0 unspecified atom stereocenters. The van der Waals surface area contributed by atoms with E-state index in [4.69, 9.17) is 0 Å². The lowest BCUT2D eigenvalue weighted by molar-refractivity contribution is 0.174. The van der Waals surface area contributed by atoms with Crippen LogP contribution in [0.5, 0.6) is 0 Å². The number of halogens is 1. The fraction of sp³-hybridized carbons (Fsp3) is 0.300. The van der Waals surface area contributed by atoms with Gasteiger partial charge >= 0.3 is 0 Å². The van der Waals surface area contributed by atoms with Crippen LogP contribution in [0.25, 0.3) is 16.6 Å². The normalized spacial score (nSPS) is 16.7. The minimum absolute atomic E-state index is 0.275. The van der Waals surface area contributed by atoms with E-state index in [2.05, 4.69) is 43.9 Å². The van der Waals surface area contributed by atoms with E-state index in [-0.39, 0.29) is 5.82 Å². The maximum Gasteiger partial charge on any atom is 0.173 e. The molecule has 0 spiro atoms. The van der Waals surface area contributed by atoms with E-state index in [1.807, 2.05) is 18.6 Å². The molecule has 5 rings (SSSR count). The SMILES string of the molecule is Fc1cccn2cc(CN3CCC(n4ncc5ccccc54)CC3)nc12. The van der Waals surface area contributed by atoms with Crippen molar-refractivity contribution < 1.29 is 4.39 Å². The zero-order valence-electron chi connectivity index (χ0n) is 14.4. The number of nitrogens with zero attached hydrogens (tertiary/aromatic N) is 5. The van der Waals surface area contributed by atoms with Crippen LogP contribution in [0, 0.1) is 5.82 Å². The molecule has 26 heavy (non-hydrogen) atoms. The lowest BCUT2D eigenvalue weighted by Crippen LogP contribution is -2.34. The second-order valence-electron chi connectivity index (χ2n) is 6.97. The molecule has 132 valence electrons. The summed E-state index contributed by atoms with van der Waals surface area (Å²) in [6, 6.07) is 12.0. The molecule has 1 aliphatic rings. The first-order valence-corrected chi connectivity index (χ1v) is 9.04. The van der Waals surface area contributed by atoms with Gasteiger partial charge in [-0.1, -0.05) is 18.2 Å². The standard InChI is InChI=1S/C20H20FN5/c21-18-5-3-9-25-14-16(23-20(18)25)13-24-10-7-17(8-11-24)26-19-6-2-1-4-15(19)12-22-26/h1-6,9,12,14,17H,7-8,10-11,13H2. The molecule has 5 nitrogen and oxygen atoms in total. The first kappa shape index (κ1) is 15.5. The summed E-state index contributed by atoms with van der Waals surface area (Å²) in [5.74, 6) is -0.275. The van der Waals surface area contributed by atoms with Gasteiger partial charge in [0.05, 0.1) is 23.4 Å². The van der Waals surface area contributed by atoms with Gasteiger partial charge < -0.3 is 4.40 Å². The van der Waals surface area contributed by atoms with Crippen molar-refractivity contribution in [2.75, 3.05) is 13.1 Å². The quantitative estimate of drug-likeness (QED) is 0.567. The molecule has 0 radical (unpaired) electrons. The number of hydrogen-bond donors (Lipinski definition) is 0. The molecule has 0 bridgehead atoms. The van der Waals surface area contributed by atoms with Crippen molar-refractivity contribution in [3.8, 4) is 0 Å². The van der Waals surface area contributed by atoms with Crippen molar-refractivity contribution in [2.45, 2.75) is 25.4 Å². The number of benzene rings is 1. The van der Waals surface area contributed by atoms with E-state index in [1.165, 1.54) is 17.0 Å². The highest BCUT2D eigenvalue weighted by molar-refractivity contribution is 5.78. The fourth-order valence-electron chi connectivity index (χ4n) is 3.94. The maximum absolute atomic E-state index is 13.8. The number of fused-ring (bicyclic) bond motifs is 2. The Balaban J connectivity index is 1.28. The van der Waals surface area contributed by atoms with E-state index in [0.29, 0.717) is 11.7 Å².